The van der Waals surface area contributed by atoms with Crippen molar-refractivity contribution in [3.63, 3.8) is 0 Å². The Morgan fingerprint density at radius 3 is 2.79 bits per heavy atom. The maximum atomic E-state index is 9.70. The van der Waals surface area contributed by atoms with E-state index in [-0.39, 0.29) is 0 Å². The van der Waals surface area contributed by atoms with Gasteiger partial charge in [-0.3, -0.25) is 0 Å². The van der Waals surface area contributed by atoms with Crippen molar-refractivity contribution in [3.8, 4) is 5.75 Å². The number of hydrogen-bond donors (Lipinski definition) is 2. The summed E-state index contributed by atoms with van der Waals surface area (Å²) >= 11 is 0. The molecule has 0 spiro atoms. The van der Waals surface area contributed by atoms with Gasteiger partial charge in [0.05, 0.1) is 13.2 Å². The fourth-order valence-electron chi connectivity index (χ4n) is 1.37. The molecule has 0 amide bonds. The summed E-state index contributed by atoms with van der Waals surface area (Å²) in [5.74, 6) is 0.804. The minimum absolute atomic E-state index is 0.483. The maximum Gasteiger partial charge on any atom is 0.122 e. The fourth-order valence-corrected chi connectivity index (χ4v) is 1.37. The van der Waals surface area contributed by atoms with Gasteiger partial charge in [0, 0.05) is 0 Å². The van der Waals surface area contributed by atoms with Crippen LogP contribution in [0.4, 0.5) is 0 Å². The summed E-state index contributed by atoms with van der Waals surface area (Å²) in [7, 11) is 1.63. The van der Waals surface area contributed by atoms with Gasteiger partial charge in [-0.15, -0.1) is 0 Å². The maximum absolute atomic E-state index is 9.70. The fraction of sp³-hybridized carbons (Fsp3) is 0.455. The van der Waals surface area contributed by atoms with E-state index in [0.29, 0.717) is 13.0 Å². The molecule has 3 nitrogen and oxygen atoms in total. The van der Waals surface area contributed by atoms with Crippen molar-refractivity contribution in [1.29, 1.82) is 0 Å². The van der Waals surface area contributed by atoms with Crippen LogP contribution >= 0.6 is 0 Å². The number of aryl methyl sites for hydroxylation is 1. The van der Waals surface area contributed by atoms with Crippen molar-refractivity contribution in [2.75, 3.05) is 13.7 Å². The van der Waals surface area contributed by atoms with Crippen LogP contribution in [0.25, 0.3) is 0 Å². The smallest absolute Gasteiger partial charge is 0.122 e. The molecule has 78 valence electrons. The Hall–Kier alpha value is -1.06. The monoisotopic (exact) mass is 195 g/mol. The van der Waals surface area contributed by atoms with E-state index >= 15 is 0 Å². The van der Waals surface area contributed by atoms with Crippen LogP contribution in [0.2, 0.25) is 0 Å². The molecule has 0 aliphatic rings. The molecule has 0 heterocycles. The van der Waals surface area contributed by atoms with Crippen molar-refractivity contribution in [2.45, 2.75) is 19.4 Å². The molecule has 0 unspecified atom stereocenters. The van der Waals surface area contributed by atoms with Gasteiger partial charge in [-0.25, -0.2) is 0 Å². The van der Waals surface area contributed by atoms with E-state index in [9.17, 15) is 5.11 Å². The predicted octanol–water partition coefficient (Wildman–Crippen LogP) is 1.39. The molecule has 1 aromatic rings. The average Bonchev–Trinajstić information content (AvgIpc) is 2.19. The SMILES string of the molecule is COc1cc([C@@H](O)CCN)ccc1C. The van der Waals surface area contributed by atoms with E-state index in [1.807, 2.05) is 25.1 Å². The van der Waals surface area contributed by atoms with E-state index in [4.69, 9.17) is 10.5 Å². The number of ether oxygens (including phenoxy) is 1. The topological polar surface area (TPSA) is 55.5 Å². The normalized spacial score (nSPS) is 12.6. The molecule has 1 rings (SSSR count). The zero-order valence-electron chi connectivity index (χ0n) is 8.66. The van der Waals surface area contributed by atoms with Gasteiger partial charge in [-0.05, 0) is 37.1 Å². The molecule has 0 aliphatic heterocycles. The lowest BCUT2D eigenvalue weighted by Gasteiger charge is -2.12. The molecule has 1 aromatic carbocycles. The van der Waals surface area contributed by atoms with Crippen LogP contribution in [0.5, 0.6) is 5.75 Å². The lowest BCUT2D eigenvalue weighted by molar-refractivity contribution is 0.170. The van der Waals surface area contributed by atoms with Crippen LogP contribution < -0.4 is 10.5 Å². The first-order valence-corrected chi connectivity index (χ1v) is 4.71. The molecule has 0 aliphatic carbocycles. The number of benzene rings is 1. The van der Waals surface area contributed by atoms with Crippen LogP contribution in [0.1, 0.15) is 23.7 Å². The van der Waals surface area contributed by atoms with Crippen LogP contribution in [-0.4, -0.2) is 18.8 Å². The number of aliphatic hydroxyl groups excluding tert-OH is 1. The molecule has 1 atom stereocenters. The summed E-state index contributed by atoms with van der Waals surface area (Å²) in [6, 6.07) is 5.70. The zero-order valence-corrected chi connectivity index (χ0v) is 8.66. The Labute approximate surface area is 84.5 Å². The van der Waals surface area contributed by atoms with Crippen molar-refractivity contribution >= 4 is 0 Å². The third kappa shape index (κ3) is 2.47. The van der Waals surface area contributed by atoms with Gasteiger partial charge < -0.3 is 15.6 Å². The summed E-state index contributed by atoms with van der Waals surface area (Å²) in [4.78, 5) is 0. The Balaban J connectivity index is 2.88. The summed E-state index contributed by atoms with van der Waals surface area (Å²) in [5.41, 5.74) is 7.30. The van der Waals surface area contributed by atoms with Gasteiger partial charge in [0.15, 0.2) is 0 Å². The van der Waals surface area contributed by atoms with E-state index in [2.05, 4.69) is 0 Å². The quantitative estimate of drug-likeness (QED) is 0.763. The highest BCUT2D eigenvalue weighted by Crippen LogP contribution is 2.24. The third-order valence-electron chi connectivity index (χ3n) is 2.26. The standard InChI is InChI=1S/C11H17NO2/c1-8-3-4-9(7-11(8)14-2)10(13)5-6-12/h3-4,7,10,13H,5-6,12H2,1-2H3/t10-/m0/s1. The molecule has 0 fully saturated rings. The average molecular weight is 195 g/mol. The van der Waals surface area contributed by atoms with E-state index in [0.717, 1.165) is 16.9 Å². The van der Waals surface area contributed by atoms with Crippen molar-refractivity contribution in [2.24, 2.45) is 5.73 Å². The highest BCUT2D eigenvalue weighted by atomic mass is 16.5. The summed E-state index contributed by atoms with van der Waals surface area (Å²) in [5, 5.41) is 9.70. The Bertz CT molecular complexity index is 299. The van der Waals surface area contributed by atoms with Gasteiger partial charge in [0.25, 0.3) is 0 Å². The van der Waals surface area contributed by atoms with Gasteiger partial charge in [-0.1, -0.05) is 12.1 Å². The Morgan fingerprint density at radius 2 is 2.21 bits per heavy atom. The van der Waals surface area contributed by atoms with Crippen molar-refractivity contribution in [1.82, 2.24) is 0 Å². The first-order chi connectivity index (χ1) is 6.69. The lowest BCUT2D eigenvalue weighted by Crippen LogP contribution is -2.06. The second-order valence-electron chi connectivity index (χ2n) is 3.32. The molecule has 0 aromatic heterocycles. The number of rotatable bonds is 4. The number of nitrogens with two attached hydrogens (primary N) is 1. The summed E-state index contributed by atoms with van der Waals surface area (Å²) in [6.07, 6.45) is 0.0844. The molecular formula is C11H17NO2. The first-order valence-electron chi connectivity index (χ1n) is 4.71. The molecule has 3 N–H and O–H groups in total. The number of aliphatic hydroxyl groups is 1. The second kappa shape index (κ2) is 4.98. The van der Waals surface area contributed by atoms with Gasteiger partial charge in [0.2, 0.25) is 0 Å². The number of methoxy groups -OCH3 is 1. The number of hydrogen-bond acceptors (Lipinski definition) is 3. The van der Waals surface area contributed by atoms with E-state index < -0.39 is 6.10 Å². The molecule has 0 bridgehead atoms. The highest BCUT2D eigenvalue weighted by Gasteiger charge is 2.08. The molecular weight excluding hydrogens is 178 g/mol. The van der Waals surface area contributed by atoms with Crippen LogP contribution in [-0.2, 0) is 0 Å². The Kier molecular flexibility index (Phi) is 3.92. The predicted molar refractivity (Wildman–Crippen MR) is 56.4 cm³/mol. The molecule has 0 radical (unpaired) electrons. The van der Waals surface area contributed by atoms with Crippen LogP contribution in [0, 0.1) is 6.92 Å². The summed E-state index contributed by atoms with van der Waals surface area (Å²) in [6.45, 7) is 2.45. The highest BCUT2D eigenvalue weighted by molar-refractivity contribution is 5.37. The van der Waals surface area contributed by atoms with Crippen LogP contribution in [0.3, 0.4) is 0 Å². The molecule has 0 saturated heterocycles. The minimum Gasteiger partial charge on any atom is -0.496 e. The molecule has 0 saturated carbocycles. The van der Waals surface area contributed by atoms with Crippen molar-refractivity contribution < 1.29 is 9.84 Å². The van der Waals surface area contributed by atoms with Crippen molar-refractivity contribution in [3.05, 3.63) is 29.3 Å². The zero-order chi connectivity index (χ0) is 10.6. The Morgan fingerprint density at radius 1 is 1.50 bits per heavy atom. The molecule has 14 heavy (non-hydrogen) atoms. The lowest BCUT2D eigenvalue weighted by atomic mass is 10.0. The van der Waals surface area contributed by atoms with Crippen LogP contribution in [0.15, 0.2) is 18.2 Å². The molecule has 3 heteroatoms. The largest absolute Gasteiger partial charge is 0.496 e. The van der Waals surface area contributed by atoms with E-state index in [1.165, 1.54) is 0 Å². The van der Waals surface area contributed by atoms with Gasteiger partial charge >= 0.3 is 0 Å². The first kappa shape index (κ1) is 11.0. The second-order valence-corrected chi connectivity index (χ2v) is 3.32. The minimum atomic E-state index is -0.491. The van der Waals surface area contributed by atoms with Gasteiger partial charge in [0.1, 0.15) is 5.75 Å². The van der Waals surface area contributed by atoms with Gasteiger partial charge in [-0.2, -0.15) is 0 Å². The summed E-state index contributed by atoms with van der Waals surface area (Å²) < 4.78 is 5.17. The third-order valence-corrected chi connectivity index (χ3v) is 2.26. The van der Waals surface area contributed by atoms with E-state index in [1.54, 1.807) is 7.11 Å².